The summed E-state index contributed by atoms with van der Waals surface area (Å²) in [7, 11) is 0. The van der Waals surface area contributed by atoms with E-state index in [0.717, 1.165) is 23.2 Å². The molecule has 0 radical (unpaired) electrons. The zero-order valence-corrected chi connectivity index (χ0v) is 13.7. The van der Waals surface area contributed by atoms with Crippen molar-refractivity contribution in [1.29, 1.82) is 0 Å². The van der Waals surface area contributed by atoms with Crippen LogP contribution in [0.5, 0.6) is 5.75 Å². The Morgan fingerprint density at radius 3 is 2.56 bits per heavy atom. The summed E-state index contributed by atoms with van der Waals surface area (Å²) in [6, 6.07) is 5.68. The van der Waals surface area contributed by atoms with E-state index < -0.39 is 0 Å². The molecule has 102 valence electrons. The van der Waals surface area contributed by atoms with Crippen LogP contribution >= 0.6 is 27.5 Å². The summed E-state index contributed by atoms with van der Waals surface area (Å²) in [5.41, 5.74) is 0.0975. The summed E-state index contributed by atoms with van der Waals surface area (Å²) in [5.74, 6) is 0.738. The Hall–Kier alpha value is -0.250. The van der Waals surface area contributed by atoms with E-state index in [0.29, 0.717) is 5.02 Å². The molecule has 0 aliphatic rings. The van der Waals surface area contributed by atoms with Crippen molar-refractivity contribution >= 4 is 27.5 Å². The van der Waals surface area contributed by atoms with Gasteiger partial charge in [-0.05, 0) is 45.4 Å². The second-order valence-corrected chi connectivity index (χ2v) is 6.68. The highest BCUT2D eigenvalue weighted by atomic mass is 79.9. The lowest BCUT2D eigenvalue weighted by Crippen LogP contribution is -2.42. The van der Waals surface area contributed by atoms with E-state index in [1.807, 2.05) is 18.2 Å². The van der Waals surface area contributed by atoms with Crippen molar-refractivity contribution in [3.63, 3.8) is 0 Å². The molecule has 0 spiro atoms. The fourth-order valence-corrected chi connectivity index (χ4v) is 2.16. The molecule has 0 fully saturated rings. The lowest BCUT2D eigenvalue weighted by atomic mass is 10.1. The van der Waals surface area contributed by atoms with E-state index in [2.05, 4.69) is 48.9 Å². The highest BCUT2D eigenvalue weighted by molar-refractivity contribution is 9.10. The highest BCUT2D eigenvalue weighted by Crippen LogP contribution is 2.28. The van der Waals surface area contributed by atoms with Crippen molar-refractivity contribution in [2.24, 2.45) is 0 Å². The van der Waals surface area contributed by atoms with Gasteiger partial charge in [-0.25, -0.2) is 0 Å². The molecule has 1 aromatic rings. The summed E-state index contributed by atoms with van der Waals surface area (Å²) in [6.07, 6.45) is 1.07. The van der Waals surface area contributed by atoms with Crippen LogP contribution in [0.2, 0.25) is 5.02 Å². The molecule has 0 aromatic heterocycles. The number of ether oxygens (including phenoxy) is 1. The highest BCUT2D eigenvalue weighted by Gasteiger charge is 2.15. The maximum Gasteiger partial charge on any atom is 0.138 e. The lowest BCUT2D eigenvalue weighted by Gasteiger charge is -2.25. The third-order valence-electron chi connectivity index (χ3n) is 2.50. The number of hydrogen-bond acceptors (Lipinski definition) is 2. The molecule has 0 saturated carbocycles. The first kappa shape index (κ1) is 15.8. The van der Waals surface area contributed by atoms with Gasteiger partial charge in [0.2, 0.25) is 0 Å². The quantitative estimate of drug-likeness (QED) is 0.846. The van der Waals surface area contributed by atoms with Crippen molar-refractivity contribution in [2.45, 2.75) is 45.8 Å². The van der Waals surface area contributed by atoms with Gasteiger partial charge in [-0.1, -0.05) is 34.5 Å². The fourth-order valence-electron chi connectivity index (χ4n) is 1.44. The molecule has 1 N–H and O–H groups in total. The Morgan fingerprint density at radius 1 is 1.39 bits per heavy atom. The van der Waals surface area contributed by atoms with Gasteiger partial charge in [-0.2, -0.15) is 0 Å². The second-order valence-electron chi connectivity index (χ2n) is 5.35. The van der Waals surface area contributed by atoms with E-state index >= 15 is 0 Å². The fraction of sp³-hybridized carbons (Fsp3) is 0.571. The molecule has 4 heteroatoms. The van der Waals surface area contributed by atoms with E-state index in [9.17, 15) is 0 Å². The van der Waals surface area contributed by atoms with Gasteiger partial charge in [-0.15, -0.1) is 0 Å². The van der Waals surface area contributed by atoms with Crippen LogP contribution in [0.4, 0.5) is 0 Å². The lowest BCUT2D eigenvalue weighted by molar-refractivity contribution is 0.181. The maximum absolute atomic E-state index is 6.15. The maximum atomic E-state index is 6.15. The minimum absolute atomic E-state index is 0.0975. The van der Waals surface area contributed by atoms with Crippen LogP contribution in [0.1, 0.15) is 34.1 Å². The molecule has 0 bridgehead atoms. The predicted molar refractivity (Wildman–Crippen MR) is 81.6 cm³/mol. The molecule has 0 saturated heterocycles. The molecular formula is C14H21BrClNO. The SMILES string of the molecule is CCC(CNC(C)(C)C)Oc1ccc(Br)cc1Cl. The first-order chi connectivity index (χ1) is 8.31. The van der Waals surface area contributed by atoms with E-state index in [1.54, 1.807) is 0 Å². The molecule has 1 aromatic carbocycles. The molecule has 0 aliphatic carbocycles. The number of halogens is 2. The predicted octanol–water partition coefficient (Wildman–Crippen LogP) is 4.65. The van der Waals surface area contributed by atoms with E-state index in [4.69, 9.17) is 16.3 Å². The monoisotopic (exact) mass is 333 g/mol. The van der Waals surface area contributed by atoms with Gasteiger partial charge in [0.15, 0.2) is 0 Å². The topological polar surface area (TPSA) is 21.3 Å². The van der Waals surface area contributed by atoms with Crippen molar-refractivity contribution in [3.05, 3.63) is 27.7 Å². The molecule has 1 atom stereocenters. The largest absolute Gasteiger partial charge is 0.488 e. The number of rotatable bonds is 5. The number of hydrogen-bond donors (Lipinski definition) is 1. The van der Waals surface area contributed by atoms with Gasteiger partial charge >= 0.3 is 0 Å². The number of nitrogens with one attached hydrogen (secondary N) is 1. The van der Waals surface area contributed by atoms with Crippen molar-refractivity contribution in [1.82, 2.24) is 5.32 Å². The molecule has 1 unspecified atom stereocenters. The Kier molecular flexibility index (Phi) is 5.96. The minimum atomic E-state index is 0.0975. The van der Waals surface area contributed by atoms with E-state index in [-0.39, 0.29) is 11.6 Å². The molecular weight excluding hydrogens is 314 g/mol. The van der Waals surface area contributed by atoms with Crippen molar-refractivity contribution in [2.75, 3.05) is 6.54 Å². The molecule has 0 amide bonds. The van der Waals surface area contributed by atoms with Gasteiger partial charge in [-0.3, -0.25) is 0 Å². The van der Waals surface area contributed by atoms with Crippen LogP contribution in [0.3, 0.4) is 0 Å². The van der Waals surface area contributed by atoms with Gasteiger partial charge in [0.1, 0.15) is 11.9 Å². The Labute approximate surface area is 123 Å². The molecule has 0 aliphatic heterocycles. The van der Waals surface area contributed by atoms with Crippen LogP contribution in [0.25, 0.3) is 0 Å². The zero-order valence-electron chi connectivity index (χ0n) is 11.4. The second kappa shape index (κ2) is 6.78. The molecule has 18 heavy (non-hydrogen) atoms. The van der Waals surface area contributed by atoms with E-state index in [1.165, 1.54) is 0 Å². The summed E-state index contributed by atoms with van der Waals surface area (Å²) in [5, 5.41) is 4.08. The normalized spacial score (nSPS) is 13.4. The third-order valence-corrected chi connectivity index (χ3v) is 3.29. The van der Waals surface area contributed by atoms with Crippen molar-refractivity contribution in [3.8, 4) is 5.75 Å². The Bertz CT molecular complexity index is 390. The van der Waals surface area contributed by atoms with Crippen molar-refractivity contribution < 1.29 is 4.74 Å². The van der Waals surface area contributed by atoms with Crippen LogP contribution in [0, 0.1) is 0 Å². The third kappa shape index (κ3) is 5.59. The zero-order chi connectivity index (χ0) is 13.8. The van der Waals surface area contributed by atoms with Crippen LogP contribution in [-0.4, -0.2) is 18.2 Å². The van der Waals surface area contributed by atoms with Crippen LogP contribution < -0.4 is 10.1 Å². The summed E-state index contributed by atoms with van der Waals surface area (Å²) in [6.45, 7) is 9.36. The Morgan fingerprint density at radius 2 is 2.06 bits per heavy atom. The van der Waals surface area contributed by atoms with Gasteiger partial charge in [0, 0.05) is 16.6 Å². The van der Waals surface area contributed by atoms with Gasteiger partial charge in [0.25, 0.3) is 0 Å². The molecule has 1 rings (SSSR count). The van der Waals surface area contributed by atoms with Gasteiger partial charge in [0.05, 0.1) is 5.02 Å². The average Bonchev–Trinajstić information content (AvgIpc) is 2.25. The standard InChI is InChI=1S/C14H21BrClNO/c1-5-11(9-17-14(2,3)4)18-13-7-6-10(15)8-12(13)16/h6-8,11,17H,5,9H2,1-4H3. The number of benzene rings is 1. The minimum Gasteiger partial charge on any atom is -0.488 e. The summed E-state index contributed by atoms with van der Waals surface area (Å²) >= 11 is 9.53. The summed E-state index contributed by atoms with van der Waals surface area (Å²) in [4.78, 5) is 0. The summed E-state index contributed by atoms with van der Waals surface area (Å²) < 4.78 is 6.89. The average molecular weight is 335 g/mol. The molecule has 2 nitrogen and oxygen atoms in total. The van der Waals surface area contributed by atoms with Crippen LogP contribution in [-0.2, 0) is 0 Å². The van der Waals surface area contributed by atoms with Crippen LogP contribution in [0.15, 0.2) is 22.7 Å². The Balaban J connectivity index is 2.62. The smallest absolute Gasteiger partial charge is 0.138 e. The van der Waals surface area contributed by atoms with Gasteiger partial charge < -0.3 is 10.1 Å². The first-order valence-electron chi connectivity index (χ1n) is 6.18. The molecule has 0 heterocycles. The first-order valence-corrected chi connectivity index (χ1v) is 7.35.